The molecule has 100 valence electrons. The van der Waals surface area contributed by atoms with E-state index in [1.807, 2.05) is 6.07 Å². The van der Waals surface area contributed by atoms with Crippen LogP contribution in [-0.2, 0) is 0 Å². The Morgan fingerprint density at radius 2 is 2.06 bits per heavy atom. The molecule has 1 aliphatic rings. The number of hydrogen-bond acceptors (Lipinski definition) is 2. The molecule has 1 fully saturated rings. The van der Waals surface area contributed by atoms with Gasteiger partial charge in [-0.25, -0.2) is 0 Å². The van der Waals surface area contributed by atoms with Gasteiger partial charge in [-0.2, -0.15) is 0 Å². The lowest BCUT2D eigenvalue weighted by Crippen LogP contribution is -2.41. The molecule has 2 atom stereocenters. The van der Waals surface area contributed by atoms with Crippen molar-refractivity contribution in [3.8, 4) is 0 Å². The Hall–Kier alpha value is -1.02. The summed E-state index contributed by atoms with van der Waals surface area (Å²) >= 11 is 0. The molecule has 2 heteroatoms. The number of aliphatic hydroxyl groups is 1. The highest BCUT2D eigenvalue weighted by molar-refractivity contribution is 5.45. The largest absolute Gasteiger partial charge is 0.396 e. The van der Waals surface area contributed by atoms with Gasteiger partial charge in [0.2, 0.25) is 0 Å². The summed E-state index contributed by atoms with van der Waals surface area (Å²) in [7, 11) is 2.13. The van der Waals surface area contributed by atoms with Gasteiger partial charge in [0.05, 0.1) is 6.61 Å². The standard InChI is InChI=1S/C16H25NO/c1-14-7-6-10-16(11-14,13-18)12-17(2)15-8-4-3-5-9-15/h3-5,8-9,14,18H,6-7,10-13H2,1-2H3. The van der Waals surface area contributed by atoms with E-state index >= 15 is 0 Å². The molecule has 0 radical (unpaired) electrons. The summed E-state index contributed by atoms with van der Waals surface area (Å²) in [5.74, 6) is 0.745. The molecule has 2 unspecified atom stereocenters. The summed E-state index contributed by atoms with van der Waals surface area (Å²) in [6, 6.07) is 10.5. The average Bonchev–Trinajstić information content (AvgIpc) is 2.39. The molecule has 1 aromatic carbocycles. The van der Waals surface area contributed by atoms with Gasteiger partial charge in [0.25, 0.3) is 0 Å². The van der Waals surface area contributed by atoms with Gasteiger partial charge >= 0.3 is 0 Å². The normalized spacial score (nSPS) is 28.1. The van der Waals surface area contributed by atoms with Gasteiger partial charge in [-0.1, -0.05) is 38.0 Å². The van der Waals surface area contributed by atoms with Crippen molar-refractivity contribution in [1.82, 2.24) is 0 Å². The number of hydrogen-bond donors (Lipinski definition) is 1. The summed E-state index contributed by atoms with van der Waals surface area (Å²) in [6.45, 7) is 3.58. The third-order valence-electron chi connectivity index (χ3n) is 4.29. The van der Waals surface area contributed by atoms with Gasteiger partial charge in [0.1, 0.15) is 0 Å². The van der Waals surface area contributed by atoms with Crippen molar-refractivity contribution in [3.05, 3.63) is 30.3 Å². The highest BCUT2D eigenvalue weighted by Crippen LogP contribution is 2.40. The Bertz CT molecular complexity index is 365. The second-order valence-corrected chi connectivity index (χ2v) is 6.05. The zero-order valence-corrected chi connectivity index (χ0v) is 11.6. The molecule has 1 aromatic rings. The monoisotopic (exact) mass is 247 g/mol. The van der Waals surface area contributed by atoms with Crippen molar-refractivity contribution in [3.63, 3.8) is 0 Å². The predicted molar refractivity (Wildman–Crippen MR) is 76.9 cm³/mol. The Labute approximate surface area is 111 Å². The van der Waals surface area contributed by atoms with E-state index in [0.717, 1.165) is 25.3 Å². The lowest BCUT2D eigenvalue weighted by atomic mass is 9.70. The van der Waals surface area contributed by atoms with E-state index in [9.17, 15) is 5.11 Å². The highest BCUT2D eigenvalue weighted by Gasteiger charge is 2.35. The van der Waals surface area contributed by atoms with Crippen LogP contribution in [0.1, 0.15) is 32.6 Å². The van der Waals surface area contributed by atoms with Crippen LogP contribution in [0.25, 0.3) is 0 Å². The first-order valence-corrected chi connectivity index (χ1v) is 7.02. The Balaban J connectivity index is 2.06. The first-order chi connectivity index (χ1) is 8.65. The Morgan fingerprint density at radius 1 is 1.33 bits per heavy atom. The molecule has 1 N–H and O–H groups in total. The number of para-hydroxylation sites is 1. The van der Waals surface area contributed by atoms with Crippen molar-refractivity contribution in [2.24, 2.45) is 11.3 Å². The van der Waals surface area contributed by atoms with Crippen molar-refractivity contribution in [1.29, 1.82) is 0 Å². The zero-order chi connectivity index (χ0) is 13.0. The summed E-state index contributed by atoms with van der Waals surface area (Å²) in [5.41, 5.74) is 1.34. The first-order valence-electron chi connectivity index (χ1n) is 7.02. The highest BCUT2D eigenvalue weighted by atomic mass is 16.3. The fourth-order valence-electron chi connectivity index (χ4n) is 3.38. The molecule has 2 nitrogen and oxygen atoms in total. The molecule has 18 heavy (non-hydrogen) atoms. The van der Waals surface area contributed by atoms with Crippen LogP contribution in [-0.4, -0.2) is 25.3 Å². The quantitative estimate of drug-likeness (QED) is 0.882. The summed E-state index contributed by atoms with van der Waals surface area (Å²) in [5, 5.41) is 9.83. The Kier molecular flexibility index (Phi) is 4.28. The van der Waals surface area contributed by atoms with Gasteiger partial charge in [-0.3, -0.25) is 0 Å². The van der Waals surface area contributed by atoms with Crippen molar-refractivity contribution < 1.29 is 5.11 Å². The lowest BCUT2D eigenvalue weighted by Gasteiger charge is -2.41. The number of rotatable bonds is 4. The predicted octanol–water partition coefficient (Wildman–Crippen LogP) is 3.31. The van der Waals surface area contributed by atoms with Crippen LogP contribution in [0.4, 0.5) is 5.69 Å². The van der Waals surface area contributed by atoms with Crippen molar-refractivity contribution >= 4 is 5.69 Å². The maximum atomic E-state index is 9.83. The lowest BCUT2D eigenvalue weighted by molar-refractivity contribution is 0.0676. The summed E-state index contributed by atoms with van der Waals surface area (Å²) in [6.07, 6.45) is 4.88. The SMILES string of the molecule is CC1CCCC(CO)(CN(C)c2ccccc2)C1. The van der Waals surface area contributed by atoms with Crippen LogP contribution in [0.15, 0.2) is 30.3 Å². The minimum absolute atomic E-state index is 0.0995. The third-order valence-corrected chi connectivity index (χ3v) is 4.29. The molecule has 0 heterocycles. The maximum Gasteiger partial charge on any atom is 0.0504 e. The molecule has 0 aliphatic heterocycles. The van der Waals surface area contributed by atoms with Gasteiger partial charge in [0.15, 0.2) is 0 Å². The minimum Gasteiger partial charge on any atom is -0.396 e. The summed E-state index contributed by atoms with van der Waals surface area (Å²) < 4.78 is 0. The van der Waals surface area contributed by atoms with Crippen LogP contribution in [0.2, 0.25) is 0 Å². The van der Waals surface area contributed by atoms with Gasteiger partial charge < -0.3 is 10.0 Å². The second kappa shape index (κ2) is 5.75. The van der Waals surface area contributed by atoms with E-state index < -0.39 is 0 Å². The fraction of sp³-hybridized carbons (Fsp3) is 0.625. The number of benzene rings is 1. The van der Waals surface area contributed by atoms with E-state index in [0.29, 0.717) is 6.61 Å². The molecule has 0 spiro atoms. The van der Waals surface area contributed by atoms with Crippen LogP contribution in [0, 0.1) is 11.3 Å². The van der Waals surface area contributed by atoms with Gasteiger partial charge in [-0.15, -0.1) is 0 Å². The van der Waals surface area contributed by atoms with Crippen LogP contribution < -0.4 is 4.90 Å². The second-order valence-electron chi connectivity index (χ2n) is 6.05. The van der Waals surface area contributed by atoms with Crippen LogP contribution in [0.5, 0.6) is 0 Å². The van der Waals surface area contributed by atoms with Crippen LogP contribution in [0.3, 0.4) is 0 Å². The van der Waals surface area contributed by atoms with E-state index in [2.05, 4.69) is 43.1 Å². The van der Waals surface area contributed by atoms with E-state index in [-0.39, 0.29) is 5.41 Å². The molecule has 0 bridgehead atoms. The molecule has 0 aromatic heterocycles. The van der Waals surface area contributed by atoms with Crippen LogP contribution >= 0.6 is 0 Å². The van der Waals surface area contributed by atoms with Gasteiger partial charge in [-0.05, 0) is 30.9 Å². The summed E-state index contributed by atoms with van der Waals surface area (Å²) in [4.78, 5) is 2.29. The average molecular weight is 247 g/mol. The molecular formula is C16H25NO. The van der Waals surface area contributed by atoms with Crippen molar-refractivity contribution in [2.75, 3.05) is 25.1 Å². The van der Waals surface area contributed by atoms with E-state index in [1.54, 1.807) is 0 Å². The maximum absolute atomic E-state index is 9.83. The molecule has 1 aliphatic carbocycles. The minimum atomic E-state index is 0.0995. The first kappa shape index (κ1) is 13.4. The van der Waals surface area contributed by atoms with E-state index in [4.69, 9.17) is 0 Å². The number of aliphatic hydroxyl groups excluding tert-OH is 1. The number of anilines is 1. The Morgan fingerprint density at radius 3 is 2.67 bits per heavy atom. The topological polar surface area (TPSA) is 23.5 Å². The van der Waals surface area contributed by atoms with Crippen molar-refractivity contribution in [2.45, 2.75) is 32.6 Å². The molecule has 0 amide bonds. The molecular weight excluding hydrogens is 222 g/mol. The number of nitrogens with zero attached hydrogens (tertiary/aromatic N) is 1. The fourth-order valence-corrected chi connectivity index (χ4v) is 3.38. The van der Waals surface area contributed by atoms with Gasteiger partial charge in [0, 0.05) is 24.7 Å². The molecule has 2 rings (SSSR count). The van der Waals surface area contributed by atoms with E-state index in [1.165, 1.54) is 18.5 Å². The zero-order valence-electron chi connectivity index (χ0n) is 11.6. The molecule has 0 saturated heterocycles. The third kappa shape index (κ3) is 3.05. The smallest absolute Gasteiger partial charge is 0.0504 e. The molecule has 1 saturated carbocycles.